The quantitative estimate of drug-likeness (QED) is 0.816. The number of rotatable bonds is 4. The van der Waals surface area contributed by atoms with Gasteiger partial charge < -0.3 is 10.1 Å². The third-order valence-corrected chi connectivity index (χ3v) is 5.14. The first-order valence-electron chi connectivity index (χ1n) is 8.42. The van der Waals surface area contributed by atoms with Crippen molar-refractivity contribution in [3.05, 3.63) is 21.4 Å². The minimum Gasteiger partial charge on any atom is -0.448 e. The molecule has 1 aromatic heterocycles. The predicted octanol–water partition coefficient (Wildman–Crippen LogP) is 2.80. The lowest BCUT2D eigenvalue weighted by atomic mass is 10.00. The number of ether oxygens (including phenoxy) is 1. The standard InChI is InChI=1S/C17H24N2O4S/c1-3-18-17(22)19-15(20)11(2)23-16(21)14-10-12-8-6-4-5-7-9-13(12)24-14/h10-11H,3-9H2,1-2H3,(H2,18,19,20,22)/t11-/m0/s1. The summed E-state index contributed by atoms with van der Waals surface area (Å²) in [6.45, 7) is 3.61. The van der Waals surface area contributed by atoms with E-state index in [-0.39, 0.29) is 0 Å². The molecule has 0 bridgehead atoms. The molecule has 0 aromatic carbocycles. The van der Waals surface area contributed by atoms with E-state index in [2.05, 4.69) is 10.6 Å². The normalized spacial score (nSPS) is 15.4. The van der Waals surface area contributed by atoms with Gasteiger partial charge in [0, 0.05) is 11.4 Å². The highest BCUT2D eigenvalue weighted by atomic mass is 32.1. The second kappa shape index (κ2) is 8.82. The van der Waals surface area contributed by atoms with Gasteiger partial charge in [-0.05, 0) is 51.2 Å². The summed E-state index contributed by atoms with van der Waals surface area (Å²) >= 11 is 1.46. The molecule has 24 heavy (non-hydrogen) atoms. The second-order valence-corrected chi connectivity index (χ2v) is 7.01. The molecule has 0 saturated heterocycles. The lowest BCUT2D eigenvalue weighted by molar-refractivity contribution is -0.127. The van der Waals surface area contributed by atoms with Crippen molar-refractivity contribution in [1.29, 1.82) is 0 Å². The Morgan fingerprint density at radius 1 is 1.21 bits per heavy atom. The highest BCUT2D eigenvalue weighted by Gasteiger charge is 2.23. The molecule has 0 fully saturated rings. The average molecular weight is 352 g/mol. The average Bonchev–Trinajstić information content (AvgIpc) is 2.89. The fourth-order valence-corrected chi connectivity index (χ4v) is 3.77. The van der Waals surface area contributed by atoms with Crippen LogP contribution in [-0.2, 0) is 22.4 Å². The van der Waals surface area contributed by atoms with Crippen LogP contribution in [0.15, 0.2) is 6.07 Å². The number of nitrogens with one attached hydrogen (secondary N) is 2. The van der Waals surface area contributed by atoms with Crippen molar-refractivity contribution in [1.82, 2.24) is 10.6 Å². The molecule has 0 aliphatic heterocycles. The Morgan fingerprint density at radius 3 is 2.62 bits per heavy atom. The first kappa shape index (κ1) is 18.4. The summed E-state index contributed by atoms with van der Waals surface area (Å²) in [6, 6.07) is 1.30. The van der Waals surface area contributed by atoms with Crippen LogP contribution < -0.4 is 10.6 Å². The van der Waals surface area contributed by atoms with Crippen molar-refractivity contribution in [3.63, 3.8) is 0 Å². The van der Waals surface area contributed by atoms with Crippen LogP contribution in [-0.4, -0.2) is 30.6 Å². The molecule has 0 spiro atoms. The summed E-state index contributed by atoms with van der Waals surface area (Å²) in [6.07, 6.45) is 5.72. The predicted molar refractivity (Wildman–Crippen MR) is 92.3 cm³/mol. The smallest absolute Gasteiger partial charge is 0.349 e. The van der Waals surface area contributed by atoms with Crippen LogP contribution in [0.5, 0.6) is 0 Å². The number of hydrogen-bond acceptors (Lipinski definition) is 5. The number of imide groups is 1. The Kier molecular flexibility index (Phi) is 6.78. The van der Waals surface area contributed by atoms with Crippen molar-refractivity contribution < 1.29 is 19.1 Å². The second-order valence-electron chi connectivity index (χ2n) is 5.87. The monoisotopic (exact) mass is 352 g/mol. The van der Waals surface area contributed by atoms with Gasteiger partial charge >= 0.3 is 12.0 Å². The fraction of sp³-hybridized carbons (Fsp3) is 0.588. The summed E-state index contributed by atoms with van der Waals surface area (Å²) < 4.78 is 5.20. The number of thiophene rings is 1. The minimum absolute atomic E-state index is 0.411. The Balaban J connectivity index is 1.95. The maximum atomic E-state index is 12.3. The largest absolute Gasteiger partial charge is 0.448 e. The van der Waals surface area contributed by atoms with E-state index in [9.17, 15) is 14.4 Å². The Hall–Kier alpha value is -1.89. The van der Waals surface area contributed by atoms with Gasteiger partial charge in [-0.15, -0.1) is 11.3 Å². The summed E-state index contributed by atoms with van der Waals surface area (Å²) in [5.74, 6) is -1.14. The molecule has 2 rings (SSSR count). The molecule has 0 radical (unpaired) electrons. The first-order chi connectivity index (χ1) is 11.5. The molecule has 1 atom stereocenters. The topological polar surface area (TPSA) is 84.5 Å². The molecular weight excluding hydrogens is 328 g/mol. The molecule has 0 unspecified atom stereocenters. The number of carbonyl (C=O) groups excluding carboxylic acids is 3. The van der Waals surface area contributed by atoms with Crippen molar-refractivity contribution in [2.24, 2.45) is 0 Å². The minimum atomic E-state index is -1.02. The Labute approximate surface area is 146 Å². The molecule has 0 saturated carbocycles. The van der Waals surface area contributed by atoms with Crippen molar-refractivity contribution in [2.45, 2.75) is 58.5 Å². The zero-order chi connectivity index (χ0) is 17.5. The fourth-order valence-electron chi connectivity index (χ4n) is 2.64. The van der Waals surface area contributed by atoms with Crippen molar-refractivity contribution >= 4 is 29.2 Å². The first-order valence-corrected chi connectivity index (χ1v) is 9.24. The van der Waals surface area contributed by atoms with Crippen LogP contribution in [0.2, 0.25) is 0 Å². The molecule has 3 amide bonds. The zero-order valence-electron chi connectivity index (χ0n) is 14.1. The van der Waals surface area contributed by atoms with E-state index < -0.39 is 24.0 Å². The SMILES string of the molecule is CCNC(=O)NC(=O)[C@H](C)OC(=O)c1cc2c(s1)CCCCCC2. The number of carbonyl (C=O) groups is 3. The van der Waals surface area contributed by atoms with E-state index in [0.717, 1.165) is 25.7 Å². The summed E-state index contributed by atoms with van der Waals surface area (Å²) in [7, 11) is 0. The third kappa shape index (κ3) is 5.06. The van der Waals surface area contributed by atoms with Gasteiger partial charge in [0.25, 0.3) is 5.91 Å². The number of urea groups is 1. The molecular formula is C17H24N2O4S. The number of fused-ring (bicyclic) bond motifs is 1. The third-order valence-electron chi connectivity index (χ3n) is 3.92. The molecule has 2 N–H and O–H groups in total. The number of aryl methyl sites for hydroxylation is 2. The van der Waals surface area contributed by atoms with Crippen molar-refractivity contribution in [2.75, 3.05) is 6.54 Å². The lowest BCUT2D eigenvalue weighted by Gasteiger charge is -2.12. The zero-order valence-corrected chi connectivity index (χ0v) is 15.0. The van der Waals surface area contributed by atoms with E-state index in [1.165, 1.54) is 41.5 Å². The molecule has 1 aliphatic rings. The van der Waals surface area contributed by atoms with Crippen LogP contribution >= 0.6 is 11.3 Å². The van der Waals surface area contributed by atoms with Gasteiger partial charge in [0.2, 0.25) is 0 Å². The van der Waals surface area contributed by atoms with Crippen LogP contribution in [0, 0.1) is 0 Å². The van der Waals surface area contributed by atoms with Gasteiger partial charge in [-0.1, -0.05) is 12.8 Å². The summed E-state index contributed by atoms with van der Waals surface area (Å²) in [5, 5.41) is 4.59. The molecule has 1 heterocycles. The lowest BCUT2D eigenvalue weighted by Crippen LogP contribution is -2.44. The van der Waals surface area contributed by atoms with E-state index >= 15 is 0 Å². The van der Waals surface area contributed by atoms with Crippen LogP contribution in [0.3, 0.4) is 0 Å². The summed E-state index contributed by atoms with van der Waals surface area (Å²) in [4.78, 5) is 37.2. The van der Waals surface area contributed by atoms with Gasteiger partial charge in [-0.25, -0.2) is 9.59 Å². The maximum Gasteiger partial charge on any atom is 0.349 e. The van der Waals surface area contributed by atoms with Gasteiger partial charge in [0.05, 0.1) is 0 Å². The van der Waals surface area contributed by atoms with Gasteiger partial charge in [-0.2, -0.15) is 0 Å². The van der Waals surface area contributed by atoms with E-state index in [1.807, 2.05) is 6.07 Å². The number of hydrogen-bond donors (Lipinski definition) is 2. The molecule has 6 nitrogen and oxygen atoms in total. The summed E-state index contributed by atoms with van der Waals surface area (Å²) in [5.41, 5.74) is 1.23. The number of amides is 3. The molecule has 1 aliphatic carbocycles. The Bertz CT molecular complexity index is 586. The van der Waals surface area contributed by atoms with Crippen LogP contribution in [0.4, 0.5) is 4.79 Å². The molecule has 132 valence electrons. The van der Waals surface area contributed by atoms with Gasteiger partial charge in [0.1, 0.15) is 4.88 Å². The van der Waals surface area contributed by atoms with E-state index in [0.29, 0.717) is 11.4 Å². The highest BCUT2D eigenvalue weighted by molar-refractivity contribution is 7.14. The van der Waals surface area contributed by atoms with Crippen LogP contribution in [0.25, 0.3) is 0 Å². The van der Waals surface area contributed by atoms with E-state index in [1.54, 1.807) is 6.92 Å². The maximum absolute atomic E-state index is 12.3. The van der Waals surface area contributed by atoms with Crippen LogP contribution in [0.1, 0.15) is 59.6 Å². The highest BCUT2D eigenvalue weighted by Crippen LogP contribution is 2.29. The van der Waals surface area contributed by atoms with Gasteiger partial charge in [0.15, 0.2) is 6.10 Å². The van der Waals surface area contributed by atoms with Crippen molar-refractivity contribution in [3.8, 4) is 0 Å². The number of esters is 1. The van der Waals surface area contributed by atoms with Gasteiger partial charge in [-0.3, -0.25) is 10.1 Å². The van der Waals surface area contributed by atoms with E-state index in [4.69, 9.17) is 4.74 Å². The molecule has 1 aromatic rings. The Morgan fingerprint density at radius 2 is 1.92 bits per heavy atom. The molecule has 7 heteroatoms.